The summed E-state index contributed by atoms with van der Waals surface area (Å²) in [5, 5.41) is 4.68. The molecule has 26 heavy (non-hydrogen) atoms. The van der Waals surface area contributed by atoms with Gasteiger partial charge in [0.2, 0.25) is 0 Å². The highest BCUT2D eigenvalue weighted by Crippen LogP contribution is 2.34. The molecule has 2 aromatic rings. The second kappa shape index (κ2) is 5.58. The molecule has 1 aromatic carbocycles. The molecule has 1 fully saturated rings. The predicted octanol–water partition coefficient (Wildman–Crippen LogP) is 1.12. The number of carbonyl (C=O) groups excluding carboxylic acids is 3. The van der Waals surface area contributed by atoms with E-state index in [-0.39, 0.29) is 30.2 Å². The normalized spacial score (nSPS) is 21.6. The second-order valence-electron chi connectivity index (χ2n) is 6.07. The van der Waals surface area contributed by atoms with E-state index in [1.165, 1.54) is 30.4 Å². The maximum Gasteiger partial charge on any atom is 0.322 e. The van der Waals surface area contributed by atoms with Gasteiger partial charge in [0, 0.05) is 6.54 Å². The zero-order chi connectivity index (χ0) is 18.5. The third kappa shape index (κ3) is 2.17. The highest BCUT2D eigenvalue weighted by molar-refractivity contribution is 6.08. The Morgan fingerprint density at radius 1 is 1.31 bits per heavy atom. The number of amides is 4. The third-order valence-electron chi connectivity index (χ3n) is 4.59. The molecule has 0 spiro atoms. The van der Waals surface area contributed by atoms with Crippen LogP contribution in [0.4, 0.5) is 9.18 Å². The summed E-state index contributed by atoms with van der Waals surface area (Å²) in [6.07, 6.45) is 1.36. The number of hydrogen-bond donors (Lipinski definition) is 2. The van der Waals surface area contributed by atoms with Crippen molar-refractivity contribution in [2.24, 2.45) is 0 Å². The van der Waals surface area contributed by atoms with Crippen molar-refractivity contribution in [3.8, 4) is 5.75 Å². The Morgan fingerprint density at radius 3 is 2.73 bits per heavy atom. The predicted molar refractivity (Wildman–Crippen MR) is 84.8 cm³/mol. The maximum absolute atomic E-state index is 14.5. The number of methoxy groups -OCH3 is 1. The smallest absolute Gasteiger partial charge is 0.322 e. The number of fused-ring (bicyclic) bond motifs is 1. The molecule has 8 nitrogen and oxygen atoms in total. The highest BCUT2D eigenvalue weighted by Gasteiger charge is 2.52. The molecule has 134 valence electrons. The Bertz CT molecular complexity index is 927. The van der Waals surface area contributed by atoms with Gasteiger partial charge in [-0.25, -0.2) is 9.18 Å². The molecule has 1 saturated heterocycles. The van der Waals surface area contributed by atoms with E-state index in [9.17, 15) is 18.8 Å². The van der Waals surface area contributed by atoms with Gasteiger partial charge in [-0.05, 0) is 23.8 Å². The Labute approximate surface area is 146 Å². The van der Waals surface area contributed by atoms with Crippen LogP contribution in [0.5, 0.6) is 5.75 Å². The standard InChI is InChI=1S/C17H14FN3O5/c1-25-10-5-4-9-7-21(14(22)12(9)13(10)18)8-17(11-3-2-6-26-11)15(23)19-16(24)20-17/h2-6H,7-8H2,1H3,(H2,19,20,23,24)/t17-/m1/s1. The molecule has 0 unspecified atom stereocenters. The molecule has 2 aliphatic heterocycles. The van der Waals surface area contributed by atoms with Crippen LogP contribution < -0.4 is 15.4 Å². The van der Waals surface area contributed by atoms with Gasteiger partial charge in [0.15, 0.2) is 17.1 Å². The van der Waals surface area contributed by atoms with Crippen molar-refractivity contribution < 1.29 is 27.9 Å². The zero-order valence-corrected chi connectivity index (χ0v) is 13.7. The summed E-state index contributed by atoms with van der Waals surface area (Å²) in [7, 11) is 1.31. The number of carbonyl (C=O) groups is 3. The van der Waals surface area contributed by atoms with Crippen molar-refractivity contribution in [2.75, 3.05) is 13.7 Å². The van der Waals surface area contributed by atoms with Crippen molar-refractivity contribution in [3.05, 3.63) is 53.2 Å². The molecule has 0 radical (unpaired) electrons. The van der Waals surface area contributed by atoms with Crippen LogP contribution in [0.25, 0.3) is 0 Å². The molecule has 9 heteroatoms. The van der Waals surface area contributed by atoms with E-state index in [1.807, 2.05) is 0 Å². The quantitative estimate of drug-likeness (QED) is 0.797. The molecule has 1 aromatic heterocycles. The number of nitrogens with one attached hydrogen (secondary N) is 2. The molecular formula is C17H14FN3O5. The Morgan fingerprint density at radius 2 is 2.12 bits per heavy atom. The van der Waals surface area contributed by atoms with Crippen LogP contribution in [-0.2, 0) is 16.9 Å². The van der Waals surface area contributed by atoms with Gasteiger partial charge in [0.1, 0.15) is 5.76 Å². The number of rotatable bonds is 4. The van der Waals surface area contributed by atoms with Crippen LogP contribution in [0.15, 0.2) is 34.9 Å². The summed E-state index contributed by atoms with van der Waals surface area (Å²) in [6.45, 7) is -0.103. The molecule has 2 aliphatic rings. The van der Waals surface area contributed by atoms with E-state index in [2.05, 4.69) is 10.6 Å². The fraction of sp³-hybridized carbons (Fsp3) is 0.235. The highest BCUT2D eigenvalue weighted by atomic mass is 19.1. The number of hydrogen-bond acceptors (Lipinski definition) is 5. The van der Waals surface area contributed by atoms with E-state index in [0.29, 0.717) is 5.56 Å². The Balaban J connectivity index is 1.70. The van der Waals surface area contributed by atoms with Gasteiger partial charge >= 0.3 is 6.03 Å². The molecule has 1 atom stereocenters. The fourth-order valence-corrected chi connectivity index (χ4v) is 3.34. The lowest BCUT2D eigenvalue weighted by Crippen LogP contribution is -2.52. The van der Waals surface area contributed by atoms with Crippen LogP contribution in [0.1, 0.15) is 21.7 Å². The minimum atomic E-state index is -1.57. The molecule has 0 saturated carbocycles. The number of ether oxygens (including phenoxy) is 1. The van der Waals surface area contributed by atoms with E-state index < -0.39 is 29.2 Å². The molecule has 0 bridgehead atoms. The topological polar surface area (TPSA) is 101 Å². The summed E-state index contributed by atoms with van der Waals surface area (Å²) in [5.41, 5.74) is -1.19. The van der Waals surface area contributed by atoms with Gasteiger partial charge in [-0.2, -0.15) is 0 Å². The number of benzene rings is 1. The first-order valence-electron chi connectivity index (χ1n) is 7.78. The maximum atomic E-state index is 14.5. The minimum absolute atomic E-state index is 0.0355. The van der Waals surface area contributed by atoms with Crippen LogP contribution in [0.2, 0.25) is 0 Å². The van der Waals surface area contributed by atoms with Crippen LogP contribution in [0.3, 0.4) is 0 Å². The lowest BCUT2D eigenvalue weighted by Gasteiger charge is -2.28. The summed E-state index contributed by atoms with van der Waals surface area (Å²) in [5.74, 6) is -1.82. The number of furan rings is 1. The van der Waals surface area contributed by atoms with Crippen molar-refractivity contribution in [2.45, 2.75) is 12.1 Å². The number of nitrogens with zero attached hydrogens (tertiary/aromatic N) is 1. The van der Waals surface area contributed by atoms with Crippen molar-refractivity contribution in [1.82, 2.24) is 15.5 Å². The first kappa shape index (κ1) is 16.1. The molecule has 4 rings (SSSR count). The number of halogens is 1. The lowest BCUT2D eigenvalue weighted by molar-refractivity contribution is -0.125. The summed E-state index contributed by atoms with van der Waals surface area (Å²) < 4.78 is 24.7. The van der Waals surface area contributed by atoms with Gasteiger partial charge in [0.05, 0.1) is 25.5 Å². The molecular weight excluding hydrogens is 345 g/mol. The average Bonchev–Trinajstić information content (AvgIpc) is 3.29. The van der Waals surface area contributed by atoms with Crippen LogP contribution >= 0.6 is 0 Å². The molecule has 0 aliphatic carbocycles. The van der Waals surface area contributed by atoms with Gasteiger partial charge in [-0.3, -0.25) is 14.9 Å². The van der Waals surface area contributed by atoms with Crippen molar-refractivity contribution in [3.63, 3.8) is 0 Å². The first-order valence-corrected chi connectivity index (χ1v) is 7.78. The molecule has 4 amide bonds. The second-order valence-corrected chi connectivity index (χ2v) is 6.07. The summed E-state index contributed by atoms with van der Waals surface area (Å²) in [4.78, 5) is 38.2. The van der Waals surface area contributed by atoms with E-state index in [4.69, 9.17) is 9.15 Å². The summed E-state index contributed by atoms with van der Waals surface area (Å²) >= 11 is 0. The summed E-state index contributed by atoms with van der Waals surface area (Å²) in [6, 6.07) is 5.45. The van der Waals surface area contributed by atoms with Crippen LogP contribution in [0, 0.1) is 5.82 Å². The van der Waals surface area contributed by atoms with Crippen molar-refractivity contribution >= 4 is 17.8 Å². The van der Waals surface area contributed by atoms with Gasteiger partial charge in [-0.1, -0.05) is 6.07 Å². The third-order valence-corrected chi connectivity index (χ3v) is 4.59. The van der Waals surface area contributed by atoms with Gasteiger partial charge in [-0.15, -0.1) is 0 Å². The van der Waals surface area contributed by atoms with Crippen molar-refractivity contribution in [1.29, 1.82) is 0 Å². The van der Waals surface area contributed by atoms with Gasteiger partial charge in [0.25, 0.3) is 11.8 Å². The van der Waals surface area contributed by atoms with E-state index in [1.54, 1.807) is 12.1 Å². The number of urea groups is 1. The average molecular weight is 359 g/mol. The Hall–Kier alpha value is -3.36. The molecule has 2 N–H and O–H groups in total. The Kier molecular flexibility index (Phi) is 3.46. The van der Waals surface area contributed by atoms with E-state index >= 15 is 0 Å². The monoisotopic (exact) mass is 359 g/mol. The van der Waals surface area contributed by atoms with Crippen LogP contribution in [-0.4, -0.2) is 36.4 Å². The van der Waals surface area contributed by atoms with Gasteiger partial charge < -0.3 is 19.4 Å². The number of imide groups is 1. The lowest BCUT2D eigenvalue weighted by atomic mass is 9.95. The first-order chi connectivity index (χ1) is 12.5. The SMILES string of the molecule is COc1ccc2c(c1F)C(=O)N(C[C@]1(c3ccco3)NC(=O)NC1=O)C2. The molecule has 3 heterocycles. The zero-order valence-electron chi connectivity index (χ0n) is 13.7. The fourth-order valence-electron chi connectivity index (χ4n) is 3.34. The minimum Gasteiger partial charge on any atom is -0.494 e. The largest absolute Gasteiger partial charge is 0.494 e. The van der Waals surface area contributed by atoms with E-state index in [0.717, 1.165) is 0 Å².